The van der Waals surface area contributed by atoms with Gasteiger partial charge in [0.15, 0.2) is 11.9 Å². The van der Waals surface area contributed by atoms with Gasteiger partial charge in [-0.2, -0.15) is 0 Å². The molecule has 0 aromatic rings. The summed E-state index contributed by atoms with van der Waals surface area (Å²) in [4.78, 5) is 10.9. The summed E-state index contributed by atoms with van der Waals surface area (Å²) in [5, 5.41) is 9.37. The molecule has 0 radical (unpaired) electrons. The van der Waals surface area contributed by atoms with E-state index in [9.17, 15) is 9.90 Å². The van der Waals surface area contributed by atoms with E-state index in [1.165, 1.54) is 7.11 Å². The lowest BCUT2D eigenvalue weighted by molar-refractivity contribution is -0.170. The van der Waals surface area contributed by atoms with Gasteiger partial charge in [0.1, 0.15) is 6.10 Å². The third-order valence-electron chi connectivity index (χ3n) is 1.83. The van der Waals surface area contributed by atoms with Gasteiger partial charge in [0.05, 0.1) is 13.7 Å². The fourth-order valence-electron chi connectivity index (χ4n) is 1.14. The number of ether oxygens (including phenoxy) is 3. The minimum absolute atomic E-state index is 0.198. The minimum atomic E-state index is -1.27. The van der Waals surface area contributed by atoms with Gasteiger partial charge >= 0.3 is 5.97 Å². The summed E-state index contributed by atoms with van der Waals surface area (Å²) < 4.78 is 14.8. The molecule has 5 heteroatoms. The van der Waals surface area contributed by atoms with E-state index < -0.39 is 24.0 Å². The Morgan fingerprint density at radius 1 is 1.69 bits per heavy atom. The maximum Gasteiger partial charge on any atom is 0.337 e. The average Bonchev–Trinajstić information content (AvgIpc) is 2.43. The van der Waals surface area contributed by atoms with E-state index in [1.54, 1.807) is 13.8 Å². The second-order valence-electron chi connectivity index (χ2n) is 3.34. The molecule has 0 aromatic carbocycles. The largest absolute Gasteiger partial charge is 0.467 e. The molecule has 0 aliphatic carbocycles. The van der Waals surface area contributed by atoms with Crippen LogP contribution >= 0.6 is 0 Å². The Balaban J connectivity index is 2.51. The van der Waals surface area contributed by atoms with Gasteiger partial charge in [-0.25, -0.2) is 4.79 Å². The van der Waals surface area contributed by atoms with Crippen LogP contribution in [0, 0.1) is 0 Å². The number of aliphatic hydroxyl groups is 1. The molecule has 0 aromatic heterocycles. The highest BCUT2D eigenvalue weighted by atomic mass is 16.7. The van der Waals surface area contributed by atoms with Crippen molar-refractivity contribution in [1.29, 1.82) is 0 Å². The lowest BCUT2D eigenvalue weighted by Gasteiger charge is -2.18. The summed E-state index contributed by atoms with van der Waals surface area (Å²) >= 11 is 0. The SMILES string of the molecule is COC(=O)[C@H](O)[C@@H]1COC(C)(C)O1. The molecule has 0 unspecified atom stereocenters. The zero-order valence-corrected chi connectivity index (χ0v) is 7.94. The van der Waals surface area contributed by atoms with Gasteiger partial charge in [-0.1, -0.05) is 0 Å². The van der Waals surface area contributed by atoms with E-state index in [0.29, 0.717) is 0 Å². The van der Waals surface area contributed by atoms with Gasteiger partial charge in [-0.05, 0) is 13.8 Å². The molecule has 0 saturated carbocycles. The van der Waals surface area contributed by atoms with E-state index in [2.05, 4.69) is 4.74 Å². The Morgan fingerprint density at radius 2 is 2.31 bits per heavy atom. The second kappa shape index (κ2) is 3.61. The molecule has 76 valence electrons. The first-order valence-corrected chi connectivity index (χ1v) is 4.04. The Morgan fingerprint density at radius 3 is 2.69 bits per heavy atom. The molecule has 1 N–H and O–H groups in total. The Labute approximate surface area is 76.6 Å². The number of carbonyl (C=O) groups is 1. The molecule has 1 rings (SSSR count). The predicted octanol–water partition coefficient (Wildman–Crippen LogP) is -0.328. The first-order chi connectivity index (χ1) is 5.96. The monoisotopic (exact) mass is 190 g/mol. The normalized spacial score (nSPS) is 28.5. The molecular weight excluding hydrogens is 176 g/mol. The van der Waals surface area contributed by atoms with Crippen molar-refractivity contribution < 1.29 is 24.1 Å². The highest BCUT2D eigenvalue weighted by molar-refractivity contribution is 5.75. The van der Waals surface area contributed by atoms with Crippen molar-refractivity contribution in [3.8, 4) is 0 Å². The topological polar surface area (TPSA) is 65.0 Å². The number of hydrogen-bond donors (Lipinski definition) is 1. The van der Waals surface area contributed by atoms with Crippen LogP contribution in [-0.4, -0.2) is 42.8 Å². The summed E-state index contributed by atoms with van der Waals surface area (Å²) in [6, 6.07) is 0. The lowest BCUT2D eigenvalue weighted by Crippen LogP contribution is -2.37. The zero-order valence-electron chi connectivity index (χ0n) is 7.94. The third-order valence-corrected chi connectivity index (χ3v) is 1.83. The van der Waals surface area contributed by atoms with Gasteiger partial charge < -0.3 is 19.3 Å². The highest BCUT2D eigenvalue weighted by Gasteiger charge is 2.39. The molecule has 1 aliphatic rings. The van der Waals surface area contributed by atoms with Crippen LogP contribution in [0.25, 0.3) is 0 Å². The Kier molecular flexibility index (Phi) is 2.90. The number of rotatable bonds is 2. The van der Waals surface area contributed by atoms with Gasteiger partial charge in [0.2, 0.25) is 0 Å². The molecule has 0 bridgehead atoms. The Hall–Kier alpha value is -0.650. The summed E-state index contributed by atoms with van der Waals surface area (Å²) in [7, 11) is 1.21. The van der Waals surface area contributed by atoms with Gasteiger partial charge in [0, 0.05) is 0 Å². The number of aliphatic hydroxyl groups excluding tert-OH is 1. The first-order valence-electron chi connectivity index (χ1n) is 4.04. The summed E-state index contributed by atoms with van der Waals surface area (Å²) in [5.74, 6) is -1.44. The molecule has 0 spiro atoms. The van der Waals surface area contributed by atoms with Gasteiger partial charge in [0.25, 0.3) is 0 Å². The van der Waals surface area contributed by atoms with Crippen LogP contribution in [0.15, 0.2) is 0 Å². The van der Waals surface area contributed by atoms with Crippen molar-refractivity contribution in [2.75, 3.05) is 13.7 Å². The maximum atomic E-state index is 10.9. The summed E-state index contributed by atoms with van der Waals surface area (Å²) in [6.07, 6.45) is -1.91. The fourth-order valence-corrected chi connectivity index (χ4v) is 1.14. The smallest absolute Gasteiger partial charge is 0.337 e. The van der Waals surface area contributed by atoms with Crippen LogP contribution in [-0.2, 0) is 19.0 Å². The van der Waals surface area contributed by atoms with Crippen LogP contribution < -0.4 is 0 Å². The molecule has 2 atom stereocenters. The molecule has 1 fully saturated rings. The van der Waals surface area contributed by atoms with E-state index in [4.69, 9.17) is 9.47 Å². The van der Waals surface area contributed by atoms with Gasteiger partial charge in [-0.3, -0.25) is 0 Å². The van der Waals surface area contributed by atoms with Crippen molar-refractivity contribution in [3.63, 3.8) is 0 Å². The van der Waals surface area contributed by atoms with Crippen LogP contribution in [0.4, 0.5) is 0 Å². The van der Waals surface area contributed by atoms with Crippen LogP contribution in [0.5, 0.6) is 0 Å². The summed E-state index contributed by atoms with van der Waals surface area (Å²) in [5.41, 5.74) is 0. The molecule has 1 aliphatic heterocycles. The van der Waals surface area contributed by atoms with Crippen molar-refractivity contribution in [3.05, 3.63) is 0 Å². The first kappa shape index (κ1) is 10.4. The van der Waals surface area contributed by atoms with Crippen LogP contribution in [0.3, 0.4) is 0 Å². The summed E-state index contributed by atoms with van der Waals surface area (Å²) in [6.45, 7) is 3.64. The average molecular weight is 190 g/mol. The lowest BCUT2D eigenvalue weighted by atomic mass is 10.2. The highest BCUT2D eigenvalue weighted by Crippen LogP contribution is 2.24. The molecule has 5 nitrogen and oxygen atoms in total. The van der Waals surface area contributed by atoms with Crippen molar-refractivity contribution >= 4 is 5.97 Å². The van der Waals surface area contributed by atoms with Crippen molar-refractivity contribution in [2.45, 2.75) is 31.8 Å². The quantitative estimate of drug-likeness (QED) is 0.604. The van der Waals surface area contributed by atoms with E-state index >= 15 is 0 Å². The molecular formula is C8H14O5. The van der Waals surface area contributed by atoms with Crippen molar-refractivity contribution in [2.24, 2.45) is 0 Å². The van der Waals surface area contributed by atoms with Gasteiger partial charge in [-0.15, -0.1) is 0 Å². The standard InChI is InChI=1S/C8H14O5/c1-8(2)12-4-5(13-8)6(9)7(10)11-3/h5-6,9H,4H2,1-3H3/t5-,6+/m0/s1. The maximum absolute atomic E-state index is 10.9. The van der Waals surface area contributed by atoms with E-state index in [-0.39, 0.29) is 6.61 Å². The number of carbonyl (C=O) groups excluding carboxylic acids is 1. The van der Waals surface area contributed by atoms with E-state index in [1.807, 2.05) is 0 Å². The van der Waals surface area contributed by atoms with Crippen molar-refractivity contribution in [1.82, 2.24) is 0 Å². The van der Waals surface area contributed by atoms with Crippen LogP contribution in [0.1, 0.15) is 13.8 Å². The Bertz CT molecular complexity index is 201. The number of esters is 1. The second-order valence-corrected chi connectivity index (χ2v) is 3.34. The minimum Gasteiger partial charge on any atom is -0.467 e. The molecule has 13 heavy (non-hydrogen) atoms. The molecule has 1 heterocycles. The molecule has 1 saturated heterocycles. The number of methoxy groups -OCH3 is 1. The third kappa shape index (κ3) is 2.40. The fraction of sp³-hybridized carbons (Fsp3) is 0.875. The zero-order chi connectivity index (χ0) is 10.1. The predicted molar refractivity (Wildman–Crippen MR) is 42.9 cm³/mol. The van der Waals surface area contributed by atoms with Crippen LogP contribution in [0.2, 0.25) is 0 Å². The molecule has 0 amide bonds. The van der Waals surface area contributed by atoms with E-state index in [0.717, 1.165) is 0 Å². The number of hydrogen-bond acceptors (Lipinski definition) is 5.